The fourth-order valence-electron chi connectivity index (χ4n) is 2.89. The first-order chi connectivity index (χ1) is 13.4. The molecule has 160 valence electrons. The molecule has 1 atom stereocenters. The van der Waals surface area contributed by atoms with Crippen LogP contribution in [0.5, 0.6) is 11.5 Å². The molecule has 2 aromatic carbocycles. The standard InChI is InChI=1S/C21H27F2N3O2.HI/c1-14-9-10-18(28-20(22)23)16(11-14)13-26-21(24-3)25-12-15(2)17-7-5-6-8-19(17)27-4;/h5-11,15,20H,12-13H2,1-4H3,(H2,24,25,26);1H. The molecule has 5 nitrogen and oxygen atoms in total. The van der Waals surface area contributed by atoms with Gasteiger partial charge in [-0.3, -0.25) is 4.99 Å². The van der Waals surface area contributed by atoms with Gasteiger partial charge in [0, 0.05) is 31.6 Å². The van der Waals surface area contributed by atoms with E-state index in [0.29, 0.717) is 24.6 Å². The van der Waals surface area contributed by atoms with Gasteiger partial charge in [0.25, 0.3) is 0 Å². The molecule has 0 amide bonds. The minimum absolute atomic E-state index is 0. The normalized spacial score (nSPS) is 12.2. The first-order valence-corrected chi connectivity index (χ1v) is 9.06. The van der Waals surface area contributed by atoms with E-state index >= 15 is 0 Å². The van der Waals surface area contributed by atoms with E-state index in [1.807, 2.05) is 37.3 Å². The van der Waals surface area contributed by atoms with Crippen molar-refractivity contribution in [1.82, 2.24) is 10.6 Å². The molecular weight excluding hydrogens is 491 g/mol. The van der Waals surface area contributed by atoms with Gasteiger partial charge in [-0.05, 0) is 24.6 Å². The van der Waals surface area contributed by atoms with E-state index in [4.69, 9.17) is 4.74 Å². The Morgan fingerprint density at radius 1 is 1.10 bits per heavy atom. The van der Waals surface area contributed by atoms with E-state index < -0.39 is 6.61 Å². The van der Waals surface area contributed by atoms with Gasteiger partial charge in [-0.25, -0.2) is 0 Å². The summed E-state index contributed by atoms with van der Waals surface area (Å²) in [6, 6.07) is 13.0. The van der Waals surface area contributed by atoms with Gasteiger partial charge >= 0.3 is 6.61 Å². The second-order valence-electron chi connectivity index (χ2n) is 6.44. The van der Waals surface area contributed by atoms with Crippen LogP contribution in [0, 0.1) is 6.92 Å². The molecule has 0 saturated heterocycles. The largest absolute Gasteiger partial charge is 0.496 e. The van der Waals surface area contributed by atoms with Crippen LogP contribution in [0.15, 0.2) is 47.5 Å². The van der Waals surface area contributed by atoms with E-state index in [0.717, 1.165) is 16.9 Å². The third-order valence-electron chi connectivity index (χ3n) is 4.35. The molecule has 2 N–H and O–H groups in total. The second kappa shape index (κ2) is 12.5. The number of nitrogens with zero attached hydrogens (tertiary/aromatic N) is 1. The lowest BCUT2D eigenvalue weighted by Gasteiger charge is -2.19. The van der Waals surface area contributed by atoms with Crippen molar-refractivity contribution in [2.45, 2.75) is 32.9 Å². The van der Waals surface area contributed by atoms with Crippen molar-refractivity contribution >= 4 is 29.9 Å². The Morgan fingerprint density at radius 2 is 1.83 bits per heavy atom. The van der Waals surface area contributed by atoms with Crippen LogP contribution in [0.1, 0.15) is 29.5 Å². The van der Waals surface area contributed by atoms with E-state index in [-0.39, 0.29) is 35.6 Å². The Kier molecular flexibility index (Phi) is 10.7. The summed E-state index contributed by atoms with van der Waals surface area (Å²) in [5, 5.41) is 6.40. The first kappa shape index (κ1) is 24.9. The number of methoxy groups -OCH3 is 1. The molecule has 0 radical (unpaired) electrons. The Morgan fingerprint density at radius 3 is 2.48 bits per heavy atom. The number of hydrogen-bond donors (Lipinski definition) is 2. The number of halogens is 3. The third-order valence-corrected chi connectivity index (χ3v) is 4.35. The molecule has 0 bridgehead atoms. The highest BCUT2D eigenvalue weighted by Crippen LogP contribution is 2.25. The summed E-state index contributed by atoms with van der Waals surface area (Å²) in [4.78, 5) is 4.20. The van der Waals surface area contributed by atoms with Crippen molar-refractivity contribution in [1.29, 1.82) is 0 Å². The third kappa shape index (κ3) is 7.68. The van der Waals surface area contributed by atoms with Crippen molar-refractivity contribution < 1.29 is 18.3 Å². The number of ether oxygens (including phenoxy) is 2. The summed E-state index contributed by atoms with van der Waals surface area (Å²) in [7, 11) is 3.32. The van der Waals surface area contributed by atoms with Gasteiger partial charge in [0.1, 0.15) is 11.5 Å². The number of nitrogens with one attached hydrogen (secondary N) is 2. The Balaban J connectivity index is 0.00000420. The van der Waals surface area contributed by atoms with Crippen LogP contribution in [0.25, 0.3) is 0 Å². The van der Waals surface area contributed by atoms with E-state index in [1.54, 1.807) is 26.3 Å². The van der Waals surface area contributed by atoms with Crippen LogP contribution in [-0.4, -0.2) is 33.3 Å². The van der Waals surface area contributed by atoms with Gasteiger partial charge in [0.2, 0.25) is 0 Å². The minimum Gasteiger partial charge on any atom is -0.496 e. The smallest absolute Gasteiger partial charge is 0.387 e. The second-order valence-corrected chi connectivity index (χ2v) is 6.44. The SMILES string of the molecule is CN=C(NCc1cc(C)ccc1OC(F)F)NCC(C)c1ccccc1OC.I. The molecule has 0 aromatic heterocycles. The monoisotopic (exact) mass is 519 g/mol. The molecule has 1 unspecified atom stereocenters. The van der Waals surface area contributed by atoms with Crippen molar-refractivity contribution in [3.63, 3.8) is 0 Å². The maximum atomic E-state index is 12.6. The van der Waals surface area contributed by atoms with E-state index in [1.165, 1.54) is 0 Å². The molecule has 2 aromatic rings. The topological polar surface area (TPSA) is 54.9 Å². The summed E-state index contributed by atoms with van der Waals surface area (Å²) in [6.45, 7) is 2.08. The van der Waals surface area contributed by atoms with Crippen LogP contribution in [0.4, 0.5) is 8.78 Å². The van der Waals surface area contributed by atoms with Crippen molar-refractivity contribution in [3.8, 4) is 11.5 Å². The number of alkyl halides is 2. The molecule has 0 heterocycles. The zero-order valence-corrected chi connectivity index (χ0v) is 19.4. The van der Waals surface area contributed by atoms with Crippen LogP contribution in [0.2, 0.25) is 0 Å². The summed E-state index contributed by atoms with van der Waals surface area (Å²) in [5.74, 6) is 1.76. The molecule has 0 aliphatic rings. The minimum atomic E-state index is -2.86. The van der Waals surface area contributed by atoms with Crippen molar-refractivity contribution in [2.75, 3.05) is 20.7 Å². The number of rotatable bonds is 8. The molecule has 2 rings (SSSR count). The summed E-state index contributed by atoms with van der Waals surface area (Å²) in [5.41, 5.74) is 2.70. The molecule has 29 heavy (non-hydrogen) atoms. The summed E-state index contributed by atoms with van der Waals surface area (Å²) < 4.78 is 35.2. The highest BCUT2D eigenvalue weighted by Gasteiger charge is 2.13. The van der Waals surface area contributed by atoms with Gasteiger partial charge in [-0.15, -0.1) is 24.0 Å². The zero-order valence-electron chi connectivity index (χ0n) is 17.0. The molecule has 8 heteroatoms. The fourth-order valence-corrected chi connectivity index (χ4v) is 2.89. The van der Waals surface area contributed by atoms with Gasteiger partial charge in [-0.2, -0.15) is 8.78 Å². The molecule has 0 saturated carbocycles. The number of aryl methyl sites for hydroxylation is 1. The number of hydrogen-bond acceptors (Lipinski definition) is 3. The Bertz CT molecular complexity index is 803. The quantitative estimate of drug-likeness (QED) is 0.302. The zero-order chi connectivity index (χ0) is 20.5. The average Bonchev–Trinajstić information content (AvgIpc) is 2.69. The number of para-hydroxylation sites is 1. The Hall–Kier alpha value is -2.10. The molecule has 0 aliphatic carbocycles. The fraction of sp³-hybridized carbons (Fsp3) is 0.381. The summed E-state index contributed by atoms with van der Waals surface area (Å²) >= 11 is 0. The lowest BCUT2D eigenvalue weighted by atomic mass is 10.0. The van der Waals surface area contributed by atoms with Crippen LogP contribution in [-0.2, 0) is 6.54 Å². The number of aliphatic imine (C=N–C) groups is 1. The van der Waals surface area contributed by atoms with Crippen LogP contribution in [0.3, 0.4) is 0 Å². The Labute approximate surface area is 187 Å². The van der Waals surface area contributed by atoms with Crippen LogP contribution < -0.4 is 20.1 Å². The van der Waals surface area contributed by atoms with Gasteiger partial charge in [-0.1, -0.05) is 42.8 Å². The van der Waals surface area contributed by atoms with Gasteiger partial charge in [0.05, 0.1) is 7.11 Å². The molecule has 0 spiro atoms. The van der Waals surface area contributed by atoms with E-state index in [9.17, 15) is 8.78 Å². The molecule has 0 fully saturated rings. The highest BCUT2D eigenvalue weighted by atomic mass is 127. The predicted octanol–water partition coefficient (Wildman–Crippen LogP) is 4.69. The lowest BCUT2D eigenvalue weighted by molar-refractivity contribution is -0.0504. The molecule has 0 aliphatic heterocycles. The van der Waals surface area contributed by atoms with Crippen molar-refractivity contribution in [3.05, 3.63) is 59.2 Å². The predicted molar refractivity (Wildman–Crippen MR) is 123 cm³/mol. The highest BCUT2D eigenvalue weighted by molar-refractivity contribution is 14.0. The maximum absolute atomic E-state index is 12.6. The van der Waals surface area contributed by atoms with Gasteiger partial charge < -0.3 is 20.1 Å². The average molecular weight is 519 g/mol. The number of benzene rings is 2. The number of guanidine groups is 1. The summed E-state index contributed by atoms with van der Waals surface area (Å²) in [6.07, 6.45) is 0. The van der Waals surface area contributed by atoms with Gasteiger partial charge in [0.15, 0.2) is 5.96 Å². The molecular formula is C21H28F2IN3O2. The van der Waals surface area contributed by atoms with Crippen molar-refractivity contribution in [2.24, 2.45) is 4.99 Å². The van der Waals surface area contributed by atoms with E-state index in [2.05, 4.69) is 27.3 Å². The lowest BCUT2D eigenvalue weighted by Crippen LogP contribution is -2.38. The maximum Gasteiger partial charge on any atom is 0.387 e. The first-order valence-electron chi connectivity index (χ1n) is 9.06. The van der Waals surface area contributed by atoms with Crippen LogP contribution >= 0.6 is 24.0 Å².